The minimum Gasteiger partial charge on any atom is -0.481 e. The first kappa shape index (κ1) is 15.2. The molecular formula is C13H21N3O3S. The molecule has 7 heteroatoms. The van der Waals surface area contributed by atoms with Crippen LogP contribution in [0.1, 0.15) is 19.8 Å². The first-order chi connectivity index (χ1) is 9.45. The number of hydrogen-bond acceptors (Lipinski definition) is 5. The number of nitrogens with zero attached hydrogens (tertiary/aromatic N) is 1. The van der Waals surface area contributed by atoms with Gasteiger partial charge in [-0.05, 0) is 37.4 Å². The lowest BCUT2D eigenvalue weighted by atomic mass is 9.81. The van der Waals surface area contributed by atoms with Gasteiger partial charge in [0, 0.05) is 12.6 Å². The van der Waals surface area contributed by atoms with E-state index in [1.807, 2.05) is 0 Å². The van der Waals surface area contributed by atoms with Crippen molar-refractivity contribution in [3.63, 3.8) is 0 Å². The maximum absolute atomic E-state index is 12.2. The highest BCUT2D eigenvalue weighted by atomic mass is 32.2. The van der Waals surface area contributed by atoms with Crippen LogP contribution in [0, 0.1) is 5.41 Å². The highest BCUT2D eigenvalue weighted by molar-refractivity contribution is 7.89. The molecule has 2 N–H and O–H groups in total. The molecule has 20 heavy (non-hydrogen) atoms. The molecule has 1 aromatic rings. The molecule has 0 aliphatic carbocycles. The van der Waals surface area contributed by atoms with E-state index in [1.54, 1.807) is 6.07 Å². The second kappa shape index (κ2) is 6.07. The van der Waals surface area contributed by atoms with Crippen molar-refractivity contribution in [1.82, 2.24) is 15.0 Å². The third-order valence-electron chi connectivity index (χ3n) is 3.73. The van der Waals surface area contributed by atoms with E-state index < -0.39 is 10.0 Å². The molecule has 0 bridgehead atoms. The fourth-order valence-electron chi connectivity index (χ4n) is 2.21. The van der Waals surface area contributed by atoms with Gasteiger partial charge in [0.25, 0.3) is 0 Å². The zero-order chi connectivity index (χ0) is 14.6. The molecular weight excluding hydrogens is 278 g/mol. The maximum Gasteiger partial charge on any atom is 0.242 e. The largest absolute Gasteiger partial charge is 0.481 e. The predicted molar refractivity (Wildman–Crippen MR) is 76.2 cm³/mol. The second-order valence-corrected chi connectivity index (χ2v) is 7.19. The second-order valence-electron chi connectivity index (χ2n) is 5.42. The van der Waals surface area contributed by atoms with E-state index in [0.717, 1.165) is 25.9 Å². The van der Waals surface area contributed by atoms with Crippen LogP contribution in [-0.4, -0.2) is 40.1 Å². The Labute approximate surface area is 120 Å². The van der Waals surface area contributed by atoms with Gasteiger partial charge in [0.05, 0.1) is 13.3 Å². The molecule has 6 nitrogen and oxygen atoms in total. The Balaban J connectivity index is 2.02. The molecule has 2 heterocycles. The molecule has 2 rings (SSSR count). The monoisotopic (exact) mass is 299 g/mol. The van der Waals surface area contributed by atoms with Crippen LogP contribution in [-0.2, 0) is 10.0 Å². The van der Waals surface area contributed by atoms with Gasteiger partial charge in [-0.25, -0.2) is 18.1 Å². The third kappa shape index (κ3) is 3.68. The molecule has 112 valence electrons. The summed E-state index contributed by atoms with van der Waals surface area (Å²) >= 11 is 0. The first-order valence-corrected chi connectivity index (χ1v) is 8.14. The fourth-order valence-corrected chi connectivity index (χ4v) is 3.35. The Hall–Kier alpha value is -1.18. The topological polar surface area (TPSA) is 80.3 Å². The smallest absolute Gasteiger partial charge is 0.242 e. The number of ether oxygens (including phenoxy) is 1. The van der Waals surface area contributed by atoms with Crippen molar-refractivity contribution in [3.05, 3.63) is 18.3 Å². The molecule has 0 aromatic carbocycles. The SMILES string of the molecule is COc1ccc(S(=O)(=O)NCC2(C)CCNCC2)cn1. The standard InChI is InChI=1S/C13H21N3O3S/c1-13(5-7-14-8-6-13)10-16-20(17,18)11-3-4-12(19-2)15-9-11/h3-4,9,14,16H,5-8,10H2,1-2H3. The Bertz CT molecular complexity index is 536. The van der Waals surface area contributed by atoms with Crippen LogP contribution in [0.3, 0.4) is 0 Å². The molecule has 0 radical (unpaired) electrons. The number of rotatable bonds is 5. The lowest BCUT2D eigenvalue weighted by Gasteiger charge is -2.34. The highest BCUT2D eigenvalue weighted by Crippen LogP contribution is 2.27. The van der Waals surface area contributed by atoms with Gasteiger partial charge >= 0.3 is 0 Å². The summed E-state index contributed by atoms with van der Waals surface area (Å²) in [6, 6.07) is 3.04. The molecule has 1 fully saturated rings. The van der Waals surface area contributed by atoms with E-state index in [2.05, 4.69) is 21.9 Å². The van der Waals surface area contributed by atoms with Gasteiger partial charge < -0.3 is 10.1 Å². The van der Waals surface area contributed by atoms with E-state index in [4.69, 9.17) is 4.74 Å². The zero-order valence-corrected chi connectivity index (χ0v) is 12.7. The van der Waals surface area contributed by atoms with Gasteiger partial charge in [0.15, 0.2) is 0 Å². The molecule has 0 spiro atoms. The van der Waals surface area contributed by atoms with Gasteiger partial charge in [-0.15, -0.1) is 0 Å². The quantitative estimate of drug-likeness (QED) is 0.839. The van der Waals surface area contributed by atoms with Crippen molar-refractivity contribution in [3.8, 4) is 5.88 Å². The summed E-state index contributed by atoms with van der Waals surface area (Å²) in [4.78, 5) is 4.09. The summed E-state index contributed by atoms with van der Waals surface area (Å²) in [7, 11) is -2.02. The summed E-state index contributed by atoms with van der Waals surface area (Å²) in [5.74, 6) is 0.397. The number of hydrogen-bond donors (Lipinski definition) is 2. The van der Waals surface area contributed by atoms with E-state index in [1.165, 1.54) is 19.4 Å². The van der Waals surface area contributed by atoms with E-state index in [-0.39, 0.29) is 10.3 Å². The van der Waals surface area contributed by atoms with E-state index >= 15 is 0 Å². The van der Waals surface area contributed by atoms with Crippen molar-refractivity contribution in [2.45, 2.75) is 24.7 Å². The van der Waals surface area contributed by atoms with Crippen molar-refractivity contribution in [1.29, 1.82) is 0 Å². The molecule has 1 aliphatic heterocycles. The Morgan fingerprint density at radius 3 is 2.65 bits per heavy atom. The summed E-state index contributed by atoms with van der Waals surface area (Å²) < 4.78 is 32.0. The van der Waals surface area contributed by atoms with Gasteiger partial charge in [-0.3, -0.25) is 0 Å². The third-order valence-corrected chi connectivity index (χ3v) is 5.11. The van der Waals surface area contributed by atoms with Crippen LogP contribution in [0.2, 0.25) is 0 Å². The Kier molecular flexibility index (Phi) is 4.62. The molecule has 0 amide bonds. The summed E-state index contributed by atoms with van der Waals surface area (Å²) in [5.41, 5.74) is 0.0121. The van der Waals surface area contributed by atoms with E-state index in [9.17, 15) is 8.42 Å². The summed E-state index contributed by atoms with van der Waals surface area (Å²) in [5, 5.41) is 3.28. The minimum atomic E-state index is -3.51. The highest BCUT2D eigenvalue weighted by Gasteiger charge is 2.28. The number of nitrogens with one attached hydrogen (secondary N) is 2. The fraction of sp³-hybridized carbons (Fsp3) is 0.615. The first-order valence-electron chi connectivity index (χ1n) is 6.66. The Morgan fingerprint density at radius 1 is 1.40 bits per heavy atom. The van der Waals surface area contributed by atoms with Crippen LogP contribution < -0.4 is 14.8 Å². The number of piperidine rings is 1. The molecule has 0 unspecified atom stereocenters. The predicted octanol–water partition coefficient (Wildman–Crippen LogP) is 0.758. The van der Waals surface area contributed by atoms with Gasteiger partial charge in [-0.1, -0.05) is 6.92 Å². The van der Waals surface area contributed by atoms with Gasteiger partial charge in [-0.2, -0.15) is 0 Å². The van der Waals surface area contributed by atoms with E-state index in [0.29, 0.717) is 12.4 Å². The van der Waals surface area contributed by atoms with Gasteiger partial charge in [0.2, 0.25) is 15.9 Å². The molecule has 1 saturated heterocycles. The summed E-state index contributed by atoms with van der Waals surface area (Å²) in [6.07, 6.45) is 3.25. The van der Waals surface area contributed by atoms with Crippen molar-refractivity contribution in [2.75, 3.05) is 26.7 Å². The van der Waals surface area contributed by atoms with Crippen LogP contribution in [0.4, 0.5) is 0 Å². The summed E-state index contributed by atoms with van der Waals surface area (Å²) in [6.45, 7) is 4.43. The minimum absolute atomic E-state index is 0.0121. The lowest BCUT2D eigenvalue weighted by molar-refractivity contribution is 0.232. The number of aromatic nitrogens is 1. The van der Waals surface area contributed by atoms with Crippen LogP contribution in [0.5, 0.6) is 5.88 Å². The van der Waals surface area contributed by atoms with Gasteiger partial charge in [0.1, 0.15) is 4.90 Å². The molecule has 1 aromatic heterocycles. The normalized spacial score (nSPS) is 18.7. The molecule has 1 aliphatic rings. The Morgan fingerprint density at radius 2 is 2.10 bits per heavy atom. The van der Waals surface area contributed by atoms with Crippen LogP contribution in [0.25, 0.3) is 0 Å². The number of sulfonamides is 1. The average Bonchev–Trinajstić information content (AvgIpc) is 2.46. The maximum atomic E-state index is 12.2. The van der Waals surface area contributed by atoms with Crippen molar-refractivity contribution >= 4 is 10.0 Å². The number of methoxy groups -OCH3 is 1. The molecule has 0 atom stereocenters. The van der Waals surface area contributed by atoms with Crippen molar-refractivity contribution in [2.24, 2.45) is 5.41 Å². The van der Waals surface area contributed by atoms with Crippen LogP contribution >= 0.6 is 0 Å². The van der Waals surface area contributed by atoms with Crippen LogP contribution in [0.15, 0.2) is 23.2 Å². The average molecular weight is 299 g/mol. The zero-order valence-electron chi connectivity index (χ0n) is 11.8. The van der Waals surface area contributed by atoms with Crippen molar-refractivity contribution < 1.29 is 13.2 Å². The molecule has 0 saturated carbocycles. The number of pyridine rings is 1. The lowest BCUT2D eigenvalue weighted by Crippen LogP contribution is -2.42.